The number of fused-ring (bicyclic) bond motifs is 2. The van der Waals surface area contributed by atoms with Crippen molar-refractivity contribution in [3.8, 4) is 11.4 Å². The number of carbonyl (C=O) groups is 2. The van der Waals surface area contributed by atoms with Crippen LogP contribution in [0.15, 0.2) is 42.5 Å². The van der Waals surface area contributed by atoms with Gasteiger partial charge >= 0.3 is 0 Å². The van der Waals surface area contributed by atoms with E-state index in [2.05, 4.69) is 15.7 Å². The second kappa shape index (κ2) is 8.11. The summed E-state index contributed by atoms with van der Waals surface area (Å²) in [7, 11) is 0. The van der Waals surface area contributed by atoms with Crippen molar-refractivity contribution in [2.75, 3.05) is 10.6 Å². The number of ether oxygens (including phenoxy) is 1. The topological polar surface area (TPSA) is 85.2 Å². The quantitative estimate of drug-likeness (QED) is 0.604. The predicted molar refractivity (Wildman–Crippen MR) is 118 cm³/mol. The lowest BCUT2D eigenvalue weighted by Gasteiger charge is -2.23. The lowest BCUT2D eigenvalue weighted by atomic mass is 10.1. The van der Waals surface area contributed by atoms with E-state index in [1.54, 1.807) is 41.9 Å². The number of hydrogen-bond donors (Lipinski definition) is 2. The van der Waals surface area contributed by atoms with Gasteiger partial charge in [0, 0.05) is 16.9 Å². The Morgan fingerprint density at radius 2 is 1.94 bits per heavy atom. The predicted octanol–water partition coefficient (Wildman–Crippen LogP) is 4.25. The Morgan fingerprint density at radius 3 is 2.75 bits per heavy atom. The molecule has 2 heterocycles. The van der Waals surface area contributed by atoms with E-state index in [0.717, 1.165) is 49.0 Å². The molecule has 2 N–H and O–H groups in total. The average molecular weight is 434 g/mol. The zero-order valence-corrected chi connectivity index (χ0v) is 17.7. The van der Waals surface area contributed by atoms with Crippen molar-refractivity contribution >= 4 is 23.2 Å². The average Bonchev–Trinajstić information content (AvgIpc) is 2.96. The molecule has 2 amide bonds. The Kier molecular flexibility index (Phi) is 5.13. The van der Waals surface area contributed by atoms with E-state index in [1.165, 1.54) is 12.1 Å². The molecule has 0 saturated carbocycles. The minimum absolute atomic E-state index is 0.232. The van der Waals surface area contributed by atoms with Gasteiger partial charge in [0.2, 0.25) is 0 Å². The molecular weight excluding hydrogens is 411 g/mol. The zero-order chi connectivity index (χ0) is 22.2. The number of halogens is 1. The number of nitrogens with zero attached hydrogens (tertiary/aromatic N) is 2. The molecule has 3 aromatic rings. The normalized spacial score (nSPS) is 17.4. The molecule has 0 bridgehead atoms. The molecule has 0 spiro atoms. The second-order valence-electron chi connectivity index (χ2n) is 8.14. The molecule has 1 atom stereocenters. The van der Waals surface area contributed by atoms with Crippen LogP contribution in [0.3, 0.4) is 0 Å². The second-order valence-corrected chi connectivity index (χ2v) is 8.14. The summed E-state index contributed by atoms with van der Waals surface area (Å²) >= 11 is 0. The summed E-state index contributed by atoms with van der Waals surface area (Å²) in [6.45, 7) is 1.68. The first kappa shape index (κ1) is 20.2. The zero-order valence-electron chi connectivity index (χ0n) is 17.7. The van der Waals surface area contributed by atoms with Crippen LogP contribution >= 0.6 is 0 Å². The van der Waals surface area contributed by atoms with Crippen LogP contribution in [-0.4, -0.2) is 27.7 Å². The van der Waals surface area contributed by atoms with Gasteiger partial charge in [0.1, 0.15) is 11.6 Å². The van der Waals surface area contributed by atoms with Gasteiger partial charge < -0.3 is 15.4 Å². The first-order valence-electron chi connectivity index (χ1n) is 10.8. The number of anilines is 2. The summed E-state index contributed by atoms with van der Waals surface area (Å²) in [5, 5.41) is 10.3. The minimum atomic E-state index is -0.561. The maximum atomic E-state index is 13.4. The smallest absolute Gasteiger partial charge is 0.276 e. The number of rotatable bonds is 3. The van der Waals surface area contributed by atoms with Crippen LogP contribution in [0.2, 0.25) is 0 Å². The van der Waals surface area contributed by atoms with Gasteiger partial charge in [-0.3, -0.25) is 9.59 Å². The highest BCUT2D eigenvalue weighted by atomic mass is 19.1. The van der Waals surface area contributed by atoms with E-state index in [0.29, 0.717) is 22.8 Å². The highest BCUT2D eigenvalue weighted by Gasteiger charge is 2.26. The lowest BCUT2D eigenvalue weighted by molar-refractivity contribution is -0.122. The number of hydrogen-bond acceptors (Lipinski definition) is 4. The molecule has 8 heteroatoms. The fourth-order valence-electron chi connectivity index (χ4n) is 4.23. The van der Waals surface area contributed by atoms with Crippen molar-refractivity contribution in [2.45, 2.75) is 45.1 Å². The molecule has 0 radical (unpaired) electrons. The van der Waals surface area contributed by atoms with Crippen LogP contribution in [0.1, 0.15) is 47.9 Å². The molecule has 0 saturated heterocycles. The van der Waals surface area contributed by atoms with Gasteiger partial charge in [-0.15, -0.1) is 0 Å². The van der Waals surface area contributed by atoms with Crippen LogP contribution < -0.4 is 15.4 Å². The molecule has 0 fully saturated rings. The van der Waals surface area contributed by atoms with E-state index in [9.17, 15) is 14.0 Å². The maximum absolute atomic E-state index is 13.4. The first-order valence-corrected chi connectivity index (χ1v) is 10.8. The van der Waals surface area contributed by atoms with Gasteiger partial charge in [-0.25, -0.2) is 9.07 Å². The summed E-state index contributed by atoms with van der Waals surface area (Å²) in [5.74, 6) is -0.308. The highest BCUT2D eigenvalue weighted by molar-refractivity contribution is 6.05. The van der Waals surface area contributed by atoms with Gasteiger partial charge in [-0.05, 0) is 75.1 Å². The molecule has 1 aromatic heterocycles. The van der Waals surface area contributed by atoms with E-state index >= 15 is 0 Å². The molecule has 5 rings (SSSR count). The Morgan fingerprint density at radius 1 is 1.16 bits per heavy atom. The summed E-state index contributed by atoms with van der Waals surface area (Å²) in [6, 6.07) is 11.3. The Balaban J connectivity index is 1.47. The SMILES string of the molecule is CC1Oc2ccc(NC(=O)c3nn(-c4ccc(F)cc4)c4c3CCCCC4)cc2NC1=O. The number of amides is 2. The van der Waals surface area contributed by atoms with E-state index in [-0.39, 0.29) is 17.6 Å². The van der Waals surface area contributed by atoms with Crippen LogP contribution in [0, 0.1) is 5.82 Å². The van der Waals surface area contributed by atoms with Crippen LogP contribution in [0.4, 0.5) is 15.8 Å². The largest absolute Gasteiger partial charge is 0.479 e. The van der Waals surface area contributed by atoms with Gasteiger partial charge in [0.15, 0.2) is 11.8 Å². The molecule has 2 aliphatic rings. The van der Waals surface area contributed by atoms with Crippen molar-refractivity contribution in [3.63, 3.8) is 0 Å². The number of nitrogens with one attached hydrogen (secondary N) is 2. The molecule has 1 aliphatic heterocycles. The van der Waals surface area contributed by atoms with Crippen LogP contribution in [-0.2, 0) is 17.6 Å². The van der Waals surface area contributed by atoms with Gasteiger partial charge in [0.05, 0.1) is 11.4 Å². The van der Waals surface area contributed by atoms with Crippen molar-refractivity contribution in [1.82, 2.24) is 9.78 Å². The third-order valence-corrected chi connectivity index (χ3v) is 5.88. The van der Waals surface area contributed by atoms with E-state index in [1.807, 2.05) is 0 Å². The maximum Gasteiger partial charge on any atom is 0.276 e. The fourth-order valence-corrected chi connectivity index (χ4v) is 4.23. The van der Waals surface area contributed by atoms with E-state index < -0.39 is 6.10 Å². The molecule has 7 nitrogen and oxygen atoms in total. The molecule has 2 aromatic carbocycles. The van der Waals surface area contributed by atoms with Crippen molar-refractivity contribution < 1.29 is 18.7 Å². The van der Waals surface area contributed by atoms with Gasteiger partial charge in [0.25, 0.3) is 11.8 Å². The van der Waals surface area contributed by atoms with Gasteiger partial charge in [-0.1, -0.05) is 6.42 Å². The third kappa shape index (κ3) is 3.72. The van der Waals surface area contributed by atoms with Crippen LogP contribution in [0.5, 0.6) is 5.75 Å². The third-order valence-electron chi connectivity index (χ3n) is 5.88. The van der Waals surface area contributed by atoms with Crippen molar-refractivity contribution in [3.05, 3.63) is 65.2 Å². The number of carbonyl (C=O) groups excluding carboxylic acids is 2. The molecule has 32 heavy (non-hydrogen) atoms. The summed E-state index contributed by atoms with van der Waals surface area (Å²) in [5.41, 5.74) is 4.09. The molecule has 1 aliphatic carbocycles. The monoisotopic (exact) mass is 434 g/mol. The summed E-state index contributed by atoms with van der Waals surface area (Å²) in [4.78, 5) is 25.1. The molecule has 164 valence electrons. The Labute approximate surface area is 184 Å². The first-order chi connectivity index (χ1) is 15.5. The molecule has 1 unspecified atom stereocenters. The Bertz CT molecular complexity index is 1200. The van der Waals surface area contributed by atoms with Crippen molar-refractivity contribution in [1.29, 1.82) is 0 Å². The summed E-state index contributed by atoms with van der Waals surface area (Å²) < 4.78 is 20.8. The number of benzene rings is 2. The minimum Gasteiger partial charge on any atom is -0.479 e. The van der Waals surface area contributed by atoms with E-state index in [4.69, 9.17) is 4.74 Å². The number of aromatic nitrogens is 2. The van der Waals surface area contributed by atoms with Crippen LogP contribution in [0.25, 0.3) is 5.69 Å². The lowest BCUT2D eigenvalue weighted by Crippen LogP contribution is -2.34. The fraction of sp³-hybridized carbons (Fsp3) is 0.292. The Hall–Kier alpha value is -3.68. The highest BCUT2D eigenvalue weighted by Crippen LogP contribution is 2.33. The van der Waals surface area contributed by atoms with Crippen molar-refractivity contribution in [2.24, 2.45) is 0 Å². The summed E-state index contributed by atoms with van der Waals surface area (Å²) in [6.07, 6.45) is 4.11. The standard InChI is InChI=1S/C24H23FN4O3/c1-14-23(30)27-19-13-16(9-12-21(19)32-14)26-24(31)22-18-5-3-2-4-6-20(18)29(28-22)17-10-7-15(25)8-11-17/h7-14H,2-6H2,1H3,(H,26,31)(H,27,30). The molecular formula is C24H23FN4O3. The van der Waals surface area contributed by atoms with Gasteiger partial charge in [-0.2, -0.15) is 5.10 Å².